The Labute approximate surface area is 173 Å². The minimum absolute atomic E-state index is 0.296. The molecule has 2 N–H and O–H groups in total. The van der Waals surface area contributed by atoms with Crippen LogP contribution in [0.15, 0.2) is 12.7 Å². The van der Waals surface area contributed by atoms with E-state index in [1.54, 1.807) is 24.7 Å². The van der Waals surface area contributed by atoms with Gasteiger partial charge < -0.3 is 14.2 Å². The molecule has 0 spiro atoms. The van der Waals surface area contributed by atoms with Crippen molar-refractivity contribution in [3.05, 3.63) is 18.3 Å². The van der Waals surface area contributed by atoms with Crippen LogP contribution in [-0.2, 0) is 28.7 Å². The standard InChI is InChI=1S/C18H21N5O6S/c1-18(2)28-14-12(7-26-30(19,24)25)27-17(15(14)29-18)23-9-22-13-11(6-5-10-3-4-10)20-8-21-16(13)23/h8-10,12,14-15,17H,3-4,7H2,1-2H3,(H2,19,24,25). The molecule has 0 aromatic carbocycles. The van der Waals surface area contributed by atoms with E-state index in [4.69, 9.17) is 23.5 Å². The van der Waals surface area contributed by atoms with Crippen LogP contribution >= 0.6 is 0 Å². The van der Waals surface area contributed by atoms with Crippen LogP contribution in [0, 0.1) is 17.8 Å². The molecule has 3 fully saturated rings. The molecular weight excluding hydrogens is 414 g/mol. The van der Waals surface area contributed by atoms with E-state index in [1.807, 2.05) is 0 Å². The molecule has 30 heavy (non-hydrogen) atoms. The van der Waals surface area contributed by atoms with Gasteiger partial charge >= 0.3 is 10.3 Å². The van der Waals surface area contributed by atoms with Crippen LogP contribution in [-0.4, -0.2) is 58.6 Å². The van der Waals surface area contributed by atoms with Gasteiger partial charge in [0.1, 0.15) is 35.8 Å². The van der Waals surface area contributed by atoms with Gasteiger partial charge in [-0.2, -0.15) is 8.42 Å². The lowest BCUT2D eigenvalue weighted by Crippen LogP contribution is -2.34. The van der Waals surface area contributed by atoms with E-state index in [2.05, 4.69) is 26.8 Å². The lowest BCUT2D eigenvalue weighted by molar-refractivity contribution is -0.198. The number of imidazole rings is 1. The lowest BCUT2D eigenvalue weighted by atomic mass is 10.1. The van der Waals surface area contributed by atoms with Gasteiger partial charge in [-0.1, -0.05) is 5.92 Å². The van der Waals surface area contributed by atoms with E-state index < -0.39 is 40.6 Å². The third-order valence-corrected chi connectivity index (χ3v) is 5.59. The minimum Gasteiger partial charge on any atom is -0.347 e. The van der Waals surface area contributed by atoms with Gasteiger partial charge in [0.2, 0.25) is 0 Å². The molecule has 12 heteroatoms. The number of nitrogens with zero attached hydrogens (tertiary/aromatic N) is 4. The molecule has 2 aliphatic heterocycles. The number of aromatic nitrogens is 4. The van der Waals surface area contributed by atoms with Crippen LogP contribution in [0.25, 0.3) is 11.2 Å². The Hall–Kier alpha value is -2.14. The molecule has 0 amide bonds. The predicted molar refractivity (Wildman–Crippen MR) is 102 cm³/mol. The molecule has 4 heterocycles. The van der Waals surface area contributed by atoms with Gasteiger partial charge in [-0.15, -0.1) is 0 Å². The Morgan fingerprint density at radius 3 is 2.77 bits per heavy atom. The molecule has 2 saturated heterocycles. The Bertz CT molecular complexity index is 1150. The molecule has 11 nitrogen and oxygen atoms in total. The van der Waals surface area contributed by atoms with Gasteiger partial charge in [-0.05, 0) is 32.6 Å². The van der Waals surface area contributed by atoms with Crippen molar-refractivity contribution in [2.45, 2.75) is 57.0 Å². The largest absolute Gasteiger partial charge is 0.347 e. The zero-order valence-corrected chi connectivity index (χ0v) is 17.2. The number of nitrogens with two attached hydrogens (primary N) is 1. The van der Waals surface area contributed by atoms with E-state index >= 15 is 0 Å². The highest BCUT2D eigenvalue weighted by atomic mass is 32.2. The maximum Gasteiger partial charge on any atom is 0.333 e. The summed E-state index contributed by atoms with van der Waals surface area (Å²) in [5, 5.41) is 4.96. The summed E-state index contributed by atoms with van der Waals surface area (Å²) in [7, 11) is -4.12. The number of fused-ring (bicyclic) bond motifs is 2. The van der Waals surface area contributed by atoms with Gasteiger partial charge in [0.15, 0.2) is 17.7 Å². The van der Waals surface area contributed by atoms with Crippen LogP contribution in [0.5, 0.6) is 0 Å². The smallest absolute Gasteiger partial charge is 0.333 e. The van der Waals surface area contributed by atoms with Gasteiger partial charge in [-0.3, -0.25) is 8.75 Å². The topological polar surface area (TPSA) is 141 Å². The van der Waals surface area contributed by atoms with Gasteiger partial charge in [0, 0.05) is 5.92 Å². The summed E-state index contributed by atoms with van der Waals surface area (Å²) in [4.78, 5) is 13.0. The second kappa shape index (κ2) is 6.94. The zero-order valence-electron chi connectivity index (χ0n) is 16.4. The number of ether oxygens (including phenoxy) is 3. The normalized spacial score (nSPS) is 30.2. The van der Waals surface area contributed by atoms with Crippen molar-refractivity contribution in [1.82, 2.24) is 19.5 Å². The van der Waals surface area contributed by atoms with Crippen molar-refractivity contribution in [2.24, 2.45) is 11.1 Å². The molecule has 4 unspecified atom stereocenters. The fraction of sp³-hybridized carbons (Fsp3) is 0.611. The van der Waals surface area contributed by atoms with E-state index in [0.29, 0.717) is 22.8 Å². The summed E-state index contributed by atoms with van der Waals surface area (Å²) in [6.07, 6.45) is 2.79. The van der Waals surface area contributed by atoms with Crippen molar-refractivity contribution >= 4 is 21.5 Å². The number of hydrogen-bond acceptors (Lipinski definition) is 9. The average molecular weight is 435 g/mol. The Morgan fingerprint density at radius 1 is 1.27 bits per heavy atom. The van der Waals surface area contributed by atoms with Crippen molar-refractivity contribution < 1.29 is 26.8 Å². The van der Waals surface area contributed by atoms with Crippen LogP contribution in [0.2, 0.25) is 0 Å². The van der Waals surface area contributed by atoms with Gasteiger partial charge in [0.25, 0.3) is 0 Å². The summed E-state index contributed by atoms with van der Waals surface area (Å²) >= 11 is 0. The summed E-state index contributed by atoms with van der Waals surface area (Å²) < 4.78 is 46.9. The second-order valence-electron chi connectivity index (χ2n) is 8.00. The number of rotatable bonds is 4. The molecule has 0 bridgehead atoms. The summed E-state index contributed by atoms with van der Waals surface area (Å²) in [6.45, 7) is 3.26. The van der Waals surface area contributed by atoms with E-state index in [9.17, 15) is 8.42 Å². The number of hydrogen-bond donors (Lipinski definition) is 1. The summed E-state index contributed by atoms with van der Waals surface area (Å²) in [5.41, 5.74) is 1.65. The third-order valence-electron chi connectivity index (χ3n) is 5.13. The lowest BCUT2D eigenvalue weighted by Gasteiger charge is -2.24. The van der Waals surface area contributed by atoms with Crippen molar-refractivity contribution in [3.63, 3.8) is 0 Å². The Morgan fingerprint density at radius 2 is 2.03 bits per heavy atom. The zero-order chi connectivity index (χ0) is 21.1. The molecule has 3 aliphatic rings. The Balaban J connectivity index is 1.48. The Kier molecular flexibility index (Phi) is 4.58. The molecular formula is C18H21N5O6S. The third kappa shape index (κ3) is 3.80. The molecule has 4 atom stereocenters. The van der Waals surface area contributed by atoms with E-state index in [-0.39, 0.29) is 6.61 Å². The maximum absolute atomic E-state index is 11.2. The highest BCUT2D eigenvalue weighted by Crippen LogP contribution is 2.43. The van der Waals surface area contributed by atoms with Crippen LogP contribution in [0.4, 0.5) is 0 Å². The van der Waals surface area contributed by atoms with Crippen LogP contribution < -0.4 is 5.14 Å². The molecule has 5 rings (SSSR count). The summed E-state index contributed by atoms with van der Waals surface area (Å²) in [5.74, 6) is 5.82. The van der Waals surface area contributed by atoms with Crippen molar-refractivity contribution in [2.75, 3.05) is 6.61 Å². The van der Waals surface area contributed by atoms with Crippen molar-refractivity contribution in [1.29, 1.82) is 0 Å². The second-order valence-corrected chi connectivity index (χ2v) is 9.22. The highest BCUT2D eigenvalue weighted by Gasteiger charge is 2.56. The van der Waals surface area contributed by atoms with Crippen LogP contribution in [0.1, 0.15) is 38.6 Å². The van der Waals surface area contributed by atoms with Crippen molar-refractivity contribution in [3.8, 4) is 11.8 Å². The molecule has 2 aromatic rings. The first-order chi connectivity index (χ1) is 14.2. The first-order valence-corrected chi connectivity index (χ1v) is 11.0. The van der Waals surface area contributed by atoms with Crippen LogP contribution in [0.3, 0.4) is 0 Å². The molecule has 2 aromatic heterocycles. The van der Waals surface area contributed by atoms with E-state index in [1.165, 1.54) is 6.33 Å². The maximum atomic E-state index is 11.2. The van der Waals surface area contributed by atoms with E-state index in [0.717, 1.165) is 12.8 Å². The fourth-order valence-corrected chi connectivity index (χ4v) is 4.03. The molecule has 0 radical (unpaired) electrons. The molecule has 1 aliphatic carbocycles. The molecule has 1 saturated carbocycles. The van der Waals surface area contributed by atoms with Gasteiger partial charge in [0.05, 0.1) is 12.9 Å². The monoisotopic (exact) mass is 435 g/mol. The minimum atomic E-state index is -4.12. The first kappa shape index (κ1) is 19.8. The average Bonchev–Trinajstić information content (AvgIpc) is 3.19. The SMILES string of the molecule is CC1(C)OC2C(COS(N)(=O)=O)OC(n3cnc4c(C#CC5CC5)ncnc43)C2O1. The summed E-state index contributed by atoms with van der Waals surface area (Å²) in [6, 6.07) is 0. The fourth-order valence-electron chi connectivity index (χ4n) is 3.71. The quantitative estimate of drug-likeness (QED) is 0.668. The predicted octanol–water partition coefficient (Wildman–Crippen LogP) is 0.225. The first-order valence-electron chi connectivity index (χ1n) is 9.57. The molecule has 160 valence electrons. The van der Waals surface area contributed by atoms with Gasteiger partial charge in [-0.25, -0.2) is 20.1 Å². The highest BCUT2D eigenvalue weighted by molar-refractivity contribution is 7.84.